The molecule has 7 aromatic rings. The van der Waals surface area contributed by atoms with Gasteiger partial charge >= 0.3 is 0 Å². The van der Waals surface area contributed by atoms with E-state index in [-0.39, 0.29) is 0 Å². The van der Waals surface area contributed by atoms with E-state index < -0.39 is 5.41 Å². The molecule has 6 aromatic carbocycles. The average Bonchev–Trinajstić information content (AvgIpc) is 3.33. The minimum atomic E-state index is -0.485. The van der Waals surface area contributed by atoms with Crippen LogP contribution in [0.5, 0.6) is 0 Å². The molecule has 0 aliphatic rings. The molecule has 1 aromatic heterocycles. The lowest BCUT2D eigenvalue weighted by molar-refractivity contribution is 0.744. The summed E-state index contributed by atoms with van der Waals surface area (Å²) in [4.78, 5) is 0. The largest absolute Gasteiger partial charge is 0.309 e. The number of fused-ring (bicyclic) bond motifs is 3. The van der Waals surface area contributed by atoms with Gasteiger partial charge in [-0.05, 0) is 58.7 Å². The Hall–Kier alpha value is -4.40. The van der Waals surface area contributed by atoms with Gasteiger partial charge in [-0.15, -0.1) is 0 Å². The average molecular weight is 565 g/mol. The van der Waals surface area contributed by atoms with E-state index in [0.717, 1.165) is 10.2 Å². The van der Waals surface area contributed by atoms with Crippen molar-refractivity contribution in [2.75, 3.05) is 0 Å². The quantitative estimate of drug-likeness (QED) is 0.183. The maximum atomic E-state index is 3.69. The van der Waals surface area contributed by atoms with Gasteiger partial charge in [0.25, 0.3) is 0 Å². The second kappa shape index (κ2) is 9.72. The third-order valence-electron chi connectivity index (χ3n) is 7.79. The molecular formula is C37H26BrN. The van der Waals surface area contributed by atoms with E-state index in [9.17, 15) is 0 Å². The first-order chi connectivity index (χ1) is 19.3. The number of hydrogen-bond acceptors (Lipinski definition) is 0. The monoisotopic (exact) mass is 563 g/mol. The molecular weight excluding hydrogens is 538 g/mol. The van der Waals surface area contributed by atoms with Crippen molar-refractivity contribution in [3.63, 3.8) is 0 Å². The van der Waals surface area contributed by atoms with Crippen LogP contribution >= 0.6 is 15.9 Å². The molecule has 0 radical (unpaired) electrons. The molecule has 0 amide bonds. The molecule has 0 aliphatic carbocycles. The van der Waals surface area contributed by atoms with Crippen molar-refractivity contribution in [1.82, 2.24) is 4.57 Å². The number of para-hydroxylation sites is 1. The highest BCUT2D eigenvalue weighted by molar-refractivity contribution is 9.10. The maximum Gasteiger partial charge on any atom is 0.0702 e. The van der Waals surface area contributed by atoms with Gasteiger partial charge in [0.15, 0.2) is 0 Å². The summed E-state index contributed by atoms with van der Waals surface area (Å²) in [6.07, 6.45) is 0. The fraction of sp³-hybridized carbons (Fsp3) is 0.0270. The molecule has 0 bridgehead atoms. The van der Waals surface area contributed by atoms with E-state index in [1.807, 2.05) is 0 Å². The van der Waals surface area contributed by atoms with Crippen LogP contribution in [0.1, 0.15) is 22.3 Å². The van der Waals surface area contributed by atoms with Crippen molar-refractivity contribution < 1.29 is 0 Å². The second-order valence-electron chi connectivity index (χ2n) is 9.91. The molecule has 39 heavy (non-hydrogen) atoms. The fourth-order valence-electron chi connectivity index (χ4n) is 6.17. The summed E-state index contributed by atoms with van der Waals surface area (Å²) < 4.78 is 3.48. The molecule has 0 unspecified atom stereocenters. The highest BCUT2D eigenvalue weighted by Gasteiger charge is 2.38. The summed E-state index contributed by atoms with van der Waals surface area (Å²) in [5, 5.41) is 2.49. The lowest BCUT2D eigenvalue weighted by atomic mass is 9.65. The van der Waals surface area contributed by atoms with Crippen LogP contribution in [0.3, 0.4) is 0 Å². The van der Waals surface area contributed by atoms with Gasteiger partial charge in [-0.3, -0.25) is 0 Å². The Labute approximate surface area is 237 Å². The molecule has 186 valence electrons. The zero-order valence-electron chi connectivity index (χ0n) is 21.3. The van der Waals surface area contributed by atoms with Crippen LogP contribution in [0.25, 0.3) is 27.5 Å². The zero-order chi connectivity index (χ0) is 26.2. The number of aromatic nitrogens is 1. The van der Waals surface area contributed by atoms with Gasteiger partial charge in [-0.2, -0.15) is 0 Å². The standard InChI is InChI=1S/C37H26BrN/c38-31-23-24-36-34(26-31)33-21-10-11-22-35(33)39(36)32-20-12-19-30(25-32)37(27-13-4-1-5-14-27,28-15-6-2-7-16-28)29-17-8-3-9-18-29/h1-26H. The summed E-state index contributed by atoms with van der Waals surface area (Å²) >= 11 is 3.69. The zero-order valence-corrected chi connectivity index (χ0v) is 22.9. The van der Waals surface area contributed by atoms with E-state index in [1.54, 1.807) is 0 Å². The molecule has 7 rings (SSSR count). The summed E-state index contributed by atoms with van der Waals surface area (Å²) in [6.45, 7) is 0. The Bertz CT molecular complexity index is 1810. The number of nitrogens with zero attached hydrogens (tertiary/aromatic N) is 1. The Morgan fingerprint density at radius 1 is 0.410 bits per heavy atom. The SMILES string of the molecule is Brc1ccc2c(c1)c1ccccc1n2-c1cccc(C(c2ccccc2)(c2ccccc2)c2ccccc2)c1. The predicted molar refractivity (Wildman–Crippen MR) is 167 cm³/mol. The first-order valence-corrected chi connectivity index (χ1v) is 14.0. The molecule has 0 saturated carbocycles. The summed E-state index contributed by atoms with van der Waals surface area (Å²) in [5.41, 5.74) is 8.01. The summed E-state index contributed by atoms with van der Waals surface area (Å²) in [7, 11) is 0. The third-order valence-corrected chi connectivity index (χ3v) is 8.29. The molecule has 0 spiro atoms. The lowest BCUT2D eigenvalue weighted by Gasteiger charge is -2.37. The van der Waals surface area contributed by atoms with Crippen molar-refractivity contribution in [2.45, 2.75) is 5.41 Å². The molecule has 1 nitrogen and oxygen atoms in total. The Morgan fingerprint density at radius 3 is 1.54 bits per heavy atom. The van der Waals surface area contributed by atoms with Crippen LogP contribution in [0.2, 0.25) is 0 Å². The van der Waals surface area contributed by atoms with Gasteiger partial charge in [0.1, 0.15) is 0 Å². The first-order valence-electron chi connectivity index (χ1n) is 13.2. The molecule has 0 fully saturated rings. The minimum absolute atomic E-state index is 0.485. The van der Waals surface area contributed by atoms with Gasteiger partial charge in [0.05, 0.1) is 16.4 Å². The molecule has 1 heterocycles. The van der Waals surface area contributed by atoms with Crippen LogP contribution in [0.15, 0.2) is 162 Å². The van der Waals surface area contributed by atoms with Crippen LogP contribution < -0.4 is 0 Å². The topological polar surface area (TPSA) is 4.93 Å². The maximum absolute atomic E-state index is 3.69. The van der Waals surface area contributed by atoms with Crippen LogP contribution in [0, 0.1) is 0 Å². The molecule has 2 heteroatoms. The van der Waals surface area contributed by atoms with Crippen molar-refractivity contribution in [1.29, 1.82) is 0 Å². The minimum Gasteiger partial charge on any atom is -0.309 e. The number of halogens is 1. The number of benzene rings is 6. The van der Waals surface area contributed by atoms with Crippen LogP contribution in [-0.4, -0.2) is 4.57 Å². The van der Waals surface area contributed by atoms with Gasteiger partial charge in [0.2, 0.25) is 0 Å². The van der Waals surface area contributed by atoms with E-state index >= 15 is 0 Å². The smallest absolute Gasteiger partial charge is 0.0702 e. The van der Waals surface area contributed by atoms with Gasteiger partial charge in [0, 0.05) is 20.9 Å². The molecule has 0 N–H and O–H groups in total. The number of rotatable bonds is 5. The third kappa shape index (κ3) is 3.83. The van der Waals surface area contributed by atoms with Crippen molar-refractivity contribution in [3.8, 4) is 5.69 Å². The molecule has 0 atom stereocenters. The van der Waals surface area contributed by atoms with Crippen LogP contribution in [0.4, 0.5) is 0 Å². The van der Waals surface area contributed by atoms with Crippen molar-refractivity contribution >= 4 is 37.7 Å². The van der Waals surface area contributed by atoms with Crippen LogP contribution in [-0.2, 0) is 5.41 Å². The van der Waals surface area contributed by atoms with Crippen molar-refractivity contribution in [2.24, 2.45) is 0 Å². The highest BCUT2D eigenvalue weighted by atomic mass is 79.9. The Morgan fingerprint density at radius 2 is 0.923 bits per heavy atom. The van der Waals surface area contributed by atoms with Crippen molar-refractivity contribution in [3.05, 3.63) is 184 Å². The number of hydrogen-bond donors (Lipinski definition) is 0. The fourth-order valence-corrected chi connectivity index (χ4v) is 6.53. The molecule has 0 saturated heterocycles. The summed E-state index contributed by atoms with van der Waals surface area (Å²) in [6, 6.07) is 57.0. The lowest BCUT2D eigenvalue weighted by Crippen LogP contribution is -2.31. The molecule has 0 aliphatic heterocycles. The van der Waals surface area contributed by atoms with E-state index in [1.165, 1.54) is 44.1 Å². The van der Waals surface area contributed by atoms with E-state index in [0.29, 0.717) is 0 Å². The second-order valence-corrected chi connectivity index (χ2v) is 10.8. The van der Waals surface area contributed by atoms with Gasteiger partial charge in [-0.1, -0.05) is 137 Å². The normalized spacial score (nSPS) is 11.7. The Balaban J connectivity index is 1.57. The van der Waals surface area contributed by atoms with E-state index in [2.05, 4.69) is 178 Å². The first kappa shape index (κ1) is 23.7. The predicted octanol–water partition coefficient (Wildman–Crippen LogP) is 9.93. The van der Waals surface area contributed by atoms with Gasteiger partial charge < -0.3 is 4.57 Å². The van der Waals surface area contributed by atoms with Gasteiger partial charge in [-0.25, -0.2) is 0 Å². The Kier molecular flexibility index (Phi) is 5.91. The van der Waals surface area contributed by atoms with E-state index in [4.69, 9.17) is 0 Å². The highest BCUT2D eigenvalue weighted by Crippen LogP contribution is 2.46. The summed E-state index contributed by atoms with van der Waals surface area (Å²) in [5.74, 6) is 0.